The lowest BCUT2D eigenvalue weighted by atomic mass is 9.92. The van der Waals surface area contributed by atoms with E-state index in [1.807, 2.05) is 23.1 Å². The number of amides is 2. The summed E-state index contributed by atoms with van der Waals surface area (Å²) in [7, 11) is 0. The number of aromatic nitrogens is 5. The number of rotatable bonds is 4. The maximum atomic E-state index is 12.4. The van der Waals surface area contributed by atoms with E-state index in [-0.39, 0.29) is 11.8 Å². The van der Waals surface area contributed by atoms with Crippen LogP contribution in [0, 0.1) is 23.2 Å². The van der Waals surface area contributed by atoms with Gasteiger partial charge in [-0.1, -0.05) is 0 Å². The summed E-state index contributed by atoms with van der Waals surface area (Å²) < 4.78 is 1.92. The number of H-pyrrole nitrogens is 1. The zero-order valence-corrected chi connectivity index (χ0v) is 17.8. The Bertz CT molecular complexity index is 1210. The van der Waals surface area contributed by atoms with Crippen LogP contribution in [-0.4, -0.2) is 61.1 Å². The maximum absolute atomic E-state index is 12.4. The van der Waals surface area contributed by atoms with Crippen molar-refractivity contribution in [1.82, 2.24) is 34.9 Å². The lowest BCUT2D eigenvalue weighted by molar-refractivity contribution is -0.145. The number of nitriles is 1. The molecule has 3 atom stereocenters. The molecular formula is C22H24N8O2. The molecule has 5 rings (SSSR count). The number of hydrogen-bond donors (Lipinski definition) is 2. The number of nitrogens with one attached hydrogen (secondary N) is 2. The molecule has 1 aliphatic heterocycles. The van der Waals surface area contributed by atoms with Crippen molar-refractivity contribution in [2.75, 3.05) is 19.6 Å². The average molecular weight is 432 g/mol. The Balaban J connectivity index is 1.38. The van der Waals surface area contributed by atoms with Crippen molar-refractivity contribution in [1.29, 1.82) is 5.26 Å². The minimum absolute atomic E-state index is 0.241. The second-order valence-electron chi connectivity index (χ2n) is 8.69. The number of carbonyl (C=O) groups excluding carboxylic acids is 2. The first-order chi connectivity index (χ1) is 15.5. The van der Waals surface area contributed by atoms with Crippen molar-refractivity contribution in [3.63, 3.8) is 0 Å². The second kappa shape index (κ2) is 7.75. The molecule has 0 radical (unpaired) electrons. The minimum Gasteiger partial charge on any atom is -0.348 e. The number of nitrogens with zero attached hydrogens (tertiary/aromatic N) is 6. The molecule has 0 spiro atoms. The molecule has 10 nitrogen and oxygen atoms in total. The largest absolute Gasteiger partial charge is 0.348 e. The third kappa shape index (κ3) is 3.21. The fourth-order valence-electron chi connectivity index (χ4n) is 5.37. The van der Waals surface area contributed by atoms with E-state index >= 15 is 0 Å². The summed E-state index contributed by atoms with van der Waals surface area (Å²) >= 11 is 0. The first kappa shape index (κ1) is 20.2. The molecule has 4 heterocycles. The molecule has 2 amide bonds. The van der Waals surface area contributed by atoms with Crippen LogP contribution in [0.1, 0.15) is 26.2 Å². The number of likely N-dealkylation sites (N-methyl/N-ethyl adjacent to an activating group) is 1. The van der Waals surface area contributed by atoms with E-state index in [1.54, 1.807) is 18.0 Å². The lowest BCUT2D eigenvalue weighted by Crippen LogP contribution is -2.43. The second-order valence-corrected chi connectivity index (χ2v) is 8.69. The van der Waals surface area contributed by atoms with Crippen LogP contribution >= 0.6 is 0 Å². The summed E-state index contributed by atoms with van der Waals surface area (Å²) in [5, 5.41) is 17.7. The Labute approximate surface area is 184 Å². The van der Waals surface area contributed by atoms with Crippen molar-refractivity contribution < 1.29 is 9.59 Å². The van der Waals surface area contributed by atoms with Crippen molar-refractivity contribution in [2.45, 2.75) is 31.7 Å². The standard InChI is InChI=1S/C22H24N8O2/c1-2-24-20(31)21(32)29-10-14-7-22(4-5-23,8-15(14)11-29)30-12-16(9-28-30)18-17-3-6-25-19(17)27-13-26-18/h3,6,9,12-15H,2,4,7-8,10-11H2,1H3,(H,24,31)(H,25,26,27)/t14-,15+,22+. The molecule has 164 valence electrons. The minimum atomic E-state index is -0.548. The van der Waals surface area contributed by atoms with Gasteiger partial charge < -0.3 is 15.2 Å². The Hall–Kier alpha value is -3.74. The van der Waals surface area contributed by atoms with Gasteiger partial charge in [-0.05, 0) is 37.7 Å². The molecule has 2 aliphatic rings. The molecule has 10 heteroatoms. The van der Waals surface area contributed by atoms with Gasteiger partial charge >= 0.3 is 11.8 Å². The van der Waals surface area contributed by atoms with Gasteiger partial charge in [0.05, 0.1) is 29.9 Å². The van der Waals surface area contributed by atoms with Gasteiger partial charge in [0.2, 0.25) is 0 Å². The summed E-state index contributed by atoms with van der Waals surface area (Å²) in [6.45, 7) is 3.30. The third-order valence-corrected chi connectivity index (χ3v) is 6.78. The zero-order valence-electron chi connectivity index (χ0n) is 17.8. The van der Waals surface area contributed by atoms with Crippen LogP contribution in [0.25, 0.3) is 22.3 Å². The molecule has 2 N–H and O–H groups in total. The van der Waals surface area contributed by atoms with E-state index in [4.69, 9.17) is 0 Å². The summed E-state index contributed by atoms with van der Waals surface area (Å²) in [4.78, 5) is 37.8. The molecule has 0 bridgehead atoms. The highest BCUT2D eigenvalue weighted by molar-refractivity contribution is 6.35. The monoisotopic (exact) mass is 432 g/mol. The van der Waals surface area contributed by atoms with E-state index in [2.05, 4.69) is 31.4 Å². The predicted molar refractivity (Wildman–Crippen MR) is 115 cm³/mol. The summed E-state index contributed by atoms with van der Waals surface area (Å²) in [5.74, 6) is -0.532. The van der Waals surface area contributed by atoms with E-state index in [9.17, 15) is 14.9 Å². The third-order valence-electron chi connectivity index (χ3n) is 6.78. The highest BCUT2D eigenvalue weighted by Gasteiger charge is 2.51. The number of aromatic amines is 1. The SMILES string of the molecule is CCNC(=O)C(=O)N1C[C@@H]2C[C@@](CC#N)(n3cc(-c4ncnc5[nH]ccc45)cn3)C[C@@H]2C1. The van der Waals surface area contributed by atoms with Crippen LogP contribution in [0.4, 0.5) is 0 Å². The van der Waals surface area contributed by atoms with E-state index in [0.717, 1.165) is 35.1 Å². The first-order valence-electron chi connectivity index (χ1n) is 10.8. The van der Waals surface area contributed by atoms with Gasteiger partial charge in [0.25, 0.3) is 0 Å². The van der Waals surface area contributed by atoms with Gasteiger partial charge in [-0.3, -0.25) is 14.3 Å². The van der Waals surface area contributed by atoms with Gasteiger partial charge in [-0.2, -0.15) is 10.4 Å². The highest BCUT2D eigenvalue weighted by atomic mass is 16.2. The molecule has 3 aromatic heterocycles. The highest BCUT2D eigenvalue weighted by Crippen LogP contribution is 2.49. The van der Waals surface area contributed by atoms with Crippen molar-refractivity contribution in [3.8, 4) is 17.3 Å². The smallest absolute Gasteiger partial charge is 0.311 e. The van der Waals surface area contributed by atoms with Crippen molar-refractivity contribution in [3.05, 3.63) is 31.0 Å². The van der Waals surface area contributed by atoms with Crippen LogP contribution in [0.15, 0.2) is 31.0 Å². The van der Waals surface area contributed by atoms with Gasteiger partial charge in [0.1, 0.15) is 12.0 Å². The summed E-state index contributed by atoms with van der Waals surface area (Å²) in [6.07, 6.45) is 8.93. The first-order valence-corrected chi connectivity index (χ1v) is 10.8. The fraction of sp³-hybridized carbons (Fsp3) is 0.455. The Morgan fingerprint density at radius 1 is 1.31 bits per heavy atom. The van der Waals surface area contributed by atoms with Gasteiger partial charge in [0.15, 0.2) is 0 Å². The van der Waals surface area contributed by atoms with Crippen molar-refractivity contribution >= 4 is 22.8 Å². The molecule has 1 saturated carbocycles. The summed E-state index contributed by atoms with van der Waals surface area (Å²) in [6, 6.07) is 4.28. The topological polar surface area (TPSA) is 133 Å². The zero-order chi connectivity index (χ0) is 22.3. The van der Waals surface area contributed by atoms with Gasteiger partial charge in [-0.15, -0.1) is 0 Å². The van der Waals surface area contributed by atoms with Gasteiger partial charge in [0, 0.05) is 43.0 Å². The van der Waals surface area contributed by atoms with Crippen LogP contribution in [0.2, 0.25) is 0 Å². The van der Waals surface area contributed by atoms with E-state index in [1.165, 1.54) is 6.33 Å². The van der Waals surface area contributed by atoms with Crippen LogP contribution < -0.4 is 5.32 Å². The Kier molecular flexibility index (Phi) is 4.89. The molecule has 3 aromatic rings. The van der Waals surface area contributed by atoms with E-state index < -0.39 is 17.4 Å². The molecular weight excluding hydrogens is 408 g/mol. The van der Waals surface area contributed by atoms with Gasteiger partial charge in [-0.25, -0.2) is 9.97 Å². The summed E-state index contributed by atoms with van der Waals surface area (Å²) in [5.41, 5.74) is 2.01. The molecule has 0 aromatic carbocycles. The van der Waals surface area contributed by atoms with Crippen LogP contribution in [0.3, 0.4) is 0 Å². The Morgan fingerprint density at radius 3 is 2.81 bits per heavy atom. The molecule has 32 heavy (non-hydrogen) atoms. The number of fused-ring (bicyclic) bond motifs is 2. The quantitative estimate of drug-likeness (QED) is 0.600. The maximum Gasteiger partial charge on any atom is 0.311 e. The lowest BCUT2D eigenvalue weighted by Gasteiger charge is -2.29. The predicted octanol–water partition coefficient (Wildman–Crippen LogP) is 1.43. The number of likely N-dealkylation sites (tertiary alicyclic amines) is 1. The van der Waals surface area contributed by atoms with Crippen LogP contribution in [0.5, 0.6) is 0 Å². The average Bonchev–Trinajstić information content (AvgIpc) is 3.55. The van der Waals surface area contributed by atoms with Crippen molar-refractivity contribution in [2.24, 2.45) is 11.8 Å². The molecule has 1 aliphatic carbocycles. The molecule has 2 fully saturated rings. The van der Waals surface area contributed by atoms with Crippen LogP contribution in [-0.2, 0) is 15.1 Å². The normalized spacial score (nSPS) is 24.4. The Morgan fingerprint density at radius 2 is 2.09 bits per heavy atom. The number of carbonyl (C=O) groups is 2. The fourth-order valence-corrected chi connectivity index (χ4v) is 5.37. The van der Waals surface area contributed by atoms with E-state index in [0.29, 0.717) is 26.1 Å². The number of hydrogen-bond acceptors (Lipinski definition) is 6. The molecule has 0 unspecified atom stereocenters. The molecule has 1 saturated heterocycles.